The highest BCUT2D eigenvalue weighted by atomic mass is 16.6. The minimum Gasteiger partial charge on any atom is -0.459 e. The van der Waals surface area contributed by atoms with Gasteiger partial charge in [0.05, 0.1) is 29.5 Å². The Morgan fingerprint density at radius 2 is 1.70 bits per heavy atom. The summed E-state index contributed by atoms with van der Waals surface area (Å²) in [6, 6.07) is 14.9. The maximum absolute atomic E-state index is 14.2. The first-order chi connectivity index (χ1) is 19.2. The van der Waals surface area contributed by atoms with Crippen molar-refractivity contribution >= 4 is 34.6 Å². The number of aliphatic hydroxyl groups excluding tert-OH is 1. The quantitative estimate of drug-likeness (QED) is 0.388. The maximum Gasteiger partial charge on any atom is 0.338 e. The molecule has 11 nitrogen and oxygen atoms in total. The minimum atomic E-state index is -1.36. The molecule has 2 aliphatic heterocycles. The van der Waals surface area contributed by atoms with E-state index in [1.165, 1.54) is 17.6 Å². The molecule has 0 spiro atoms. The molecule has 4 bridgehead atoms. The maximum atomic E-state index is 14.2. The van der Waals surface area contributed by atoms with Crippen LogP contribution < -0.4 is 4.90 Å². The first-order valence-electron chi connectivity index (χ1n) is 12.9. The van der Waals surface area contributed by atoms with Gasteiger partial charge in [0.15, 0.2) is 22.8 Å². The number of carbonyl (C=O) groups is 3. The number of hydrogen-bond donors (Lipinski definition) is 1. The molecule has 0 aliphatic carbocycles. The Balaban J connectivity index is 1.47. The lowest BCUT2D eigenvalue weighted by molar-refractivity contribution is -0.0518. The molecular weight excluding hydrogens is 514 g/mol. The monoisotopic (exact) mass is 541 g/mol. The summed E-state index contributed by atoms with van der Waals surface area (Å²) in [6.45, 7) is 5.30. The van der Waals surface area contributed by atoms with Gasteiger partial charge in [0, 0.05) is 11.1 Å². The third kappa shape index (κ3) is 4.14. The van der Waals surface area contributed by atoms with Crippen LogP contribution in [0.15, 0.2) is 67.3 Å². The van der Waals surface area contributed by atoms with Crippen LogP contribution in [-0.4, -0.2) is 66.6 Å². The highest BCUT2D eigenvalue weighted by molar-refractivity contribution is 6.16. The first kappa shape index (κ1) is 25.8. The molecule has 4 heterocycles. The molecule has 1 saturated heterocycles. The van der Waals surface area contributed by atoms with Crippen LogP contribution in [0.4, 0.5) is 5.82 Å². The van der Waals surface area contributed by atoms with E-state index in [-0.39, 0.29) is 23.6 Å². The molecule has 4 atom stereocenters. The number of ketones is 1. The van der Waals surface area contributed by atoms with Crippen molar-refractivity contribution < 1.29 is 29.0 Å². The van der Waals surface area contributed by atoms with Crippen LogP contribution in [-0.2, 0) is 9.47 Å². The molecule has 1 fully saturated rings. The fraction of sp³-hybridized carbons (Fsp3) is 0.310. The van der Waals surface area contributed by atoms with Crippen molar-refractivity contribution in [2.45, 2.75) is 44.7 Å². The Morgan fingerprint density at radius 1 is 1.00 bits per heavy atom. The summed E-state index contributed by atoms with van der Waals surface area (Å²) in [6.07, 6.45) is -0.644. The second-order valence-electron chi connectivity index (χ2n) is 10.8. The summed E-state index contributed by atoms with van der Waals surface area (Å²) in [5.41, 5.74) is 0.594. The second-order valence-corrected chi connectivity index (χ2v) is 10.8. The largest absolute Gasteiger partial charge is 0.459 e. The highest BCUT2D eigenvalue weighted by Crippen LogP contribution is 2.41. The smallest absolute Gasteiger partial charge is 0.338 e. The van der Waals surface area contributed by atoms with Crippen LogP contribution in [0.5, 0.6) is 0 Å². The van der Waals surface area contributed by atoms with Gasteiger partial charge in [-0.15, -0.1) is 0 Å². The van der Waals surface area contributed by atoms with Crippen LogP contribution in [0.25, 0.3) is 11.2 Å². The van der Waals surface area contributed by atoms with E-state index in [1.54, 1.807) is 59.2 Å². The van der Waals surface area contributed by atoms with Gasteiger partial charge in [-0.3, -0.25) is 19.1 Å². The fourth-order valence-corrected chi connectivity index (χ4v) is 5.31. The molecule has 40 heavy (non-hydrogen) atoms. The molecule has 0 saturated carbocycles. The van der Waals surface area contributed by atoms with Crippen LogP contribution >= 0.6 is 0 Å². The Bertz CT molecular complexity index is 1630. The number of amides is 1. The number of benzene rings is 2. The summed E-state index contributed by atoms with van der Waals surface area (Å²) in [7, 11) is 0. The zero-order chi connectivity index (χ0) is 28.2. The zero-order valence-corrected chi connectivity index (χ0v) is 22.1. The molecule has 4 aromatic rings. The topological polar surface area (TPSA) is 137 Å². The molecule has 0 unspecified atom stereocenters. The number of Topliss-reactive ketones (excluding diaryl/α,β-unsaturated/α-hetero) is 1. The van der Waals surface area contributed by atoms with E-state index in [1.807, 2.05) is 20.8 Å². The SMILES string of the molecule is CC(C)(C)N1C(=O)c2ccccc2C(=O)[C@@H]2[C@H](O)[C@@H](COC(=O)c3ccccc3)O[C@H]2n2cnc3c1ncnc32. The Morgan fingerprint density at radius 3 is 2.42 bits per heavy atom. The number of imidazole rings is 1. The number of fused-ring (bicyclic) bond motifs is 3. The van der Waals surface area contributed by atoms with Crippen molar-refractivity contribution in [1.29, 1.82) is 0 Å². The van der Waals surface area contributed by atoms with Gasteiger partial charge in [0.2, 0.25) is 0 Å². The van der Waals surface area contributed by atoms with E-state index in [0.29, 0.717) is 16.7 Å². The lowest BCUT2D eigenvalue weighted by atomic mass is 9.88. The predicted octanol–water partition coefficient (Wildman–Crippen LogP) is 3.20. The molecule has 0 radical (unpaired) electrons. The predicted molar refractivity (Wildman–Crippen MR) is 143 cm³/mol. The van der Waals surface area contributed by atoms with Crippen molar-refractivity contribution in [1.82, 2.24) is 19.5 Å². The molecular formula is C29H27N5O6. The van der Waals surface area contributed by atoms with E-state index in [0.717, 1.165) is 0 Å². The number of anilines is 1. The van der Waals surface area contributed by atoms with Crippen LogP contribution in [0.1, 0.15) is 58.1 Å². The van der Waals surface area contributed by atoms with Gasteiger partial charge in [0.25, 0.3) is 5.91 Å². The second kappa shape index (κ2) is 9.61. The van der Waals surface area contributed by atoms with Crippen molar-refractivity contribution in [2.75, 3.05) is 11.5 Å². The van der Waals surface area contributed by atoms with Gasteiger partial charge in [-0.25, -0.2) is 19.7 Å². The number of hydrogen-bond acceptors (Lipinski definition) is 9. The summed E-state index contributed by atoms with van der Waals surface area (Å²) >= 11 is 0. The molecule has 1 N–H and O–H groups in total. The number of ether oxygens (including phenoxy) is 2. The third-order valence-electron chi connectivity index (χ3n) is 7.18. The normalized spacial score (nSPS) is 22.6. The molecule has 11 heteroatoms. The lowest BCUT2D eigenvalue weighted by Gasteiger charge is -2.35. The standard InChI is InChI=1S/C29H27N5O6/c1-29(2,3)34-25-21-24(30-14-31-25)33(15-32-21)27-20(22(35)17-11-7-8-12-18(17)26(34)37)23(36)19(40-27)13-39-28(38)16-9-5-4-6-10-16/h4-12,14-15,19-20,23,27,36H,13H2,1-3H3/t19-,20-,23-,27-/m1/s1. The minimum absolute atomic E-state index is 0.142. The molecule has 1 amide bonds. The Kier molecular flexibility index (Phi) is 6.20. The number of rotatable bonds is 3. The molecule has 2 aliphatic rings. The average molecular weight is 542 g/mol. The van der Waals surface area contributed by atoms with Crippen LogP contribution in [0.3, 0.4) is 0 Å². The average Bonchev–Trinajstić information content (AvgIpc) is 3.51. The van der Waals surface area contributed by atoms with E-state index in [9.17, 15) is 19.5 Å². The first-order valence-corrected chi connectivity index (χ1v) is 12.9. The third-order valence-corrected chi connectivity index (χ3v) is 7.18. The van der Waals surface area contributed by atoms with Gasteiger partial charge >= 0.3 is 5.97 Å². The number of aliphatic hydroxyl groups is 1. The van der Waals surface area contributed by atoms with Gasteiger partial charge in [-0.2, -0.15) is 0 Å². The summed E-state index contributed by atoms with van der Waals surface area (Å²) in [5.74, 6) is -2.37. The highest BCUT2D eigenvalue weighted by Gasteiger charge is 2.51. The number of carbonyl (C=O) groups excluding carboxylic acids is 3. The molecule has 6 rings (SSSR count). The van der Waals surface area contributed by atoms with E-state index in [2.05, 4.69) is 15.0 Å². The van der Waals surface area contributed by atoms with Crippen molar-refractivity contribution in [2.24, 2.45) is 5.92 Å². The number of aromatic nitrogens is 4. The van der Waals surface area contributed by atoms with Crippen LogP contribution in [0, 0.1) is 5.92 Å². The summed E-state index contributed by atoms with van der Waals surface area (Å²) < 4.78 is 13.2. The van der Waals surface area contributed by atoms with Crippen LogP contribution in [0.2, 0.25) is 0 Å². The van der Waals surface area contributed by atoms with Gasteiger partial charge in [-0.1, -0.05) is 36.4 Å². The zero-order valence-electron chi connectivity index (χ0n) is 22.1. The molecule has 204 valence electrons. The molecule has 2 aromatic carbocycles. The van der Waals surface area contributed by atoms with Crippen molar-refractivity contribution in [3.05, 3.63) is 83.9 Å². The van der Waals surface area contributed by atoms with Crippen molar-refractivity contribution in [3.8, 4) is 0 Å². The Labute approximate surface area is 229 Å². The van der Waals surface area contributed by atoms with Gasteiger partial charge in [-0.05, 0) is 39.0 Å². The van der Waals surface area contributed by atoms with Crippen molar-refractivity contribution in [3.63, 3.8) is 0 Å². The van der Waals surface area contributed by atoms with E-state index < -0.39 is 47.6 Å². The number of esters is 1. The van der Waals surface area contributed by atoms with Gasteiger partial charge < -0.3 is 14.6 Å². The summed E-state index contributed by atoms with van der Waals surface area (Å²) in [5, 5.41) is 11.4. The molecule has 2 aromatic heterocycles. The van der Waals surface area contributed by atoms with E-state index >= 15 is 0 Å². The van der Waals surface area contributed by atoms with Gasteiger partial charge in [0.1, 0.15) is 25.3 Å². The fourth-order valence-electron chi connectivity index (χ4n) is 5.31. The lowest BCUT2D eigenvalue weighted by Crippen LogP contribution is -2.47. The number of nitrogens with zero attached hydrogens (tertiary/aromatic N) is 5. The summed E-state index contributed by atoms with van der Waals surface area (Å²) in [4.78, 5) is 55.6. The Hall–Kier alpha value is -4.48. The van der Waals surface area contributed by atoms with E-state index in [4.69, 9.17) is 9.47 Å².